The van der Waals surface area contributed by atoms with E-state index >= 15 is 0 Å². The summed E-state index contributed by atoms with van der Waals surface area (Å²) >= 11 is 0. The summed E-state index contributed by atoms with van der Waals surface area (Å²) in [7, 11) is 0. The van der Waals surface area contributed by atoms with Crippen molar-refractivity contribution in [2.24, 2.45) is 0 Å². The molecular formula is C25H47NO3. The number of hydrogen-bond donors (Lipinski definition) is 2. The third-order valence-electron chi connectivity index (χ3n) is 5.61. The van der Waals surface area contributed by atoms with Gasteiger partial charge in [0.1, 0.15) is 0 Å². The standard InChI is InChI=1S/C25H47NO3/c1-2-3-4-5-6-7-8-9-10-11-12-13-14-15-16-17-20-29-25-18-19-26(22-25)21-24(28)23-27/h6-7,9-10,24-25,27-28H,2-5,8,11-23H2,1H3/b7-6-,10-9-. The van der Waals surface area contributed by atoms with E-state index in [2.05, 4.69) is 36.1 Å². The molecule has 0 aromatic carbocycles. The maximum Gasteiger partial charge on any atom is 0.0897 e. The number of nitrogens with zero attached hydrogens (tertiary/aromatic N) is 1. The van der Waals surface area contributed by atoms with Crippen LogP contribution in [0.2, 0.25) is 0 Å². The molecule has 4 heteroatoms. The van der Waals surface area contributed by atoms with Gasteiger partial charge in [-0.15, -0.1) is 0 Å². The molecule has 0 saturated carbocycles. The molecule has 2 N–H and O–H groups in total. The van der Waals surface area contributed by atoms with Crippen molar-refractivity contribution in [3.05, 3.63) is 24.3 Å². The zero-order valence-electron chi connectivity index (χ0n) is 18.9. The van der Waals surface area contributed by atoms with Crippen molar-refractivity contribution in [2.75, 3.05) is 32.8 Å². The minimum Gasteiger partial charge on any atom is -0.394 e. The molecule has 0 radical (unpaired) electrons. The summed E-state index contributed by atoms with van der Waals surface area (Å²) in [5.41, 5.74) is 0. The number of allylic oxidation sites excluding steroid dienone is 4. The average Bonchev–Trinajstić information content (AvgIpc) is 3.17. The van der Waals surface area contributed by atoms with Crippen LogP contribution in [0.4, 0.5) is 0 Å². The lowest BCUT2D eigenvalue weighted by Crippen LogP contribution is -2.33. The smallest absolute Gasteiger partial charge is 0.0897 e. The fraction of sp³-hybridized carbons (Fsp3) is 0.840. The second kappa shape index (κ2) is 19.3. The van der Waals surface area contributed by atoms with E-state index in [1.807, 2.05) is 0 Å². The monoisotopic (exact) mass is 409 g/mol. The summed E-state index contributed by atoms with van der Waals surface area (Å²) in [6, 6.07) is 0. The molecule has 2 unspecified atom stereocenters. The van der Waals surface area contributed by atoms with E-state index < -0.39 is 6.10 Å². The van der Waals surface area contributed by atoms with E-state index in [1.54, 1.807) is 0 Å². The van der Waals surface area contributed by atoms with Gasteiger partial charge in [-0.2, -0.15) is 0 Å². The number of rotatable bonds is 19. The Morgan fingerprint density at radius 1 is 0.931 bits per heavy atom. The van der Waals surface area contributed by atoms with Gasteiger partial charge in [0.05, 0.1) is 18.8 Å². The highest BCUT2D eigenvalue weighted by molar-refractivity contribution is 4.92. The maximum absolute atomic E-state index is 9.50. The Hall–Kier alpha value is -0.680. The van der Waals surface area contributed by atoms with E-state index in [0.717, 1.165) is 39.0 Å². The van der Waals surface area contributed by atoms with Crippen LogP contribution in [0.15, 0.2) is 24.3 Å². The van der Waals surface area contributed by atoms with Crippen molar-refractivity contribution in [1.29, 1.82) is 0 Å². The number of hydrogen-bond acceptors (Lipinski definition) is 4. The molecule has 0 spiro atoms. The number of likely N-dealkylation sites (tertiary alicyclic amines) is 1. The molecule has 1 saturated heterocycles. The highest BCUT2D eigenvalue weighted by atomic mass is 16.5. The largest absolute Gasteiger partial charge is 0.394 e. The normalized spacial score (nSPS) is 19.1. The van der Waals surface area contributed by atoms with E-state index in [9.17, 15) is 5.11 Å². The zero-order valence-corrected chi connectivity index (χ0v) is 18.9. The maximum atomic E-state index is 9.50. The Balaban J connectivity index is 1.81. The van der Waals surface area contributed by atoms with Crippen LogP contribution in [0.25, 0.3) is 0 Å². The molecule has 1 fully saturated rings. The van der Waals surface area contributed by atoms with Crippen LogP contribution in [0, 0.1) is 0 Å². The summed E-state index contributed by atoms with van der Waals surface area (Å²) < 4.78 is 5.97. The van der Waals surface area contributed by atoms with Crippen LogP contribution in [0.1, 0.15) is 90.4 Å². The van der Waals surface area contributed by atoms with Crippen molar-refractivity contribution >= 4 is 0 Å². The summed E-state index contributed by atoms with van der Waals surface area (Å²) in [6.45, 7) is 5.36. The van der Waals surface area contributed by atoms with E-state index in [1.165, 1.54) is 64.2 Å². The summed E-state index contributed by atoms with van der Waals surface area (Å²) in [4.78, 5) is 2.18. The van der Waals surface area contributed by atoms with Crippen molar-refractivity contribution in [3.63, 3.8) is 0 Å². The fourth-order valence-electron chi connectivity index (χ4n) is 3.80. The quantitative estimate of drug-likeness (QED) is 0.226. The second-order valence-electron chi connectivity index (χ2n) is 8.46. The Morgan fingerprint density at radius 2 is 1.59 bits per heavy atom. The van der Waals surface area contributed by atoms with Gasteiger partial charge in [-0.25, -0.2) is 0 Å². The Kier molecular flexibility index (Phi) is 17.5. The zero-order chi connectivity index (χ0) is 21.0. The third kappa shape index (κ3) is 15.8. The SMILES string of the molecule is CCCCC/C=C\C/C=C\CCCCCCCCOC1CCN(CC(O)CO)C1. The van der Waals surface area contributed by atoms with Crippen molar-refractivity contribution in [1.82, 2.24) is 4.90 Å². The summed E-state index contributed by atoms with van der Waals surface area (Å²) in [5.74, 6) is 0. The third-order valence-corrected chi connectivity index (χ3v) is 5.61. The molecule has 4 nitrogen and oxygen atoms in total. The van der Waals surface area contributed by atoms with E-state index in [4.69, 9.17) is 9.84 Å². The lowest BCUT2D eigenvalue weighted by Gasteiger charge is -2.18. The lowest BCUT2D eigenvalue weighted by molar-refractivity contribution is 0.0406. The van der Waals surface area contributed by atoms with Crippen molar-refractivity contribution in [2.45, 2.75) is 103 Å². The van der Waals surface area contributed by atoms with Gasteiger partial charge in [0, 0.05) is 26.2 Å². The molecule has 1 aliphatic rings. The molecule has 0 amide bonds. The van der Waals surface area contributed by atoms with Crippen LogP contribution < -0.4 is 0 Å². The number of ether oxygens (including phenoxy) is 1. The summed E-state index contributed by atoms with van der Waals surface area (Å²) in [6.07, 6.45) is 25.2. The van der Waals surface area contributed by atoms with Crippen molar-refractivity contribution < 1.29 is 14.9 Å². The van der Waals surface area contributed by atoms with Gasteiger partial charge in [0.15, 0.2) is 0 Å². The van der Waals surface area contributed by atoms with Gasteiger partial charge in [-0.3, -0.25) is 4.90 Å². The van der Waals surface area contributed by atoms with Crippen LogP contribution in [0.3, 0.4) is 0 Å². The van der Waals surface area contributed by atoms with Crippen molar-refractivity contribution in [3.8, 4) is 0 Å². The topological polar surface area (TPSA) is 52.9 Å². The van der Waals surface area contributed by atoms with Gasteiger partial charge in [0.25, 0.3) is 0 Å². The molecule has 0 aliphatic carbocycles. The molecule has 2 atom stereocenters. The minimum absolute atomic E-state index is 0.158. The number of aliphatic hydroxyl groups is 2. The molecule has 1 heterocycles. The van der Waals surface area contributed by atoms with Gasteiger partial charge >= 0.3 is 0 Å². The van der Waals surface area contributed by atoms with Crippen LogP contribution in [-0.4, -0.2) is 60.2 Å². The second-order valence-corrected chi connectivity index (χ2v) is 8.46. The molecular weight excluding hydrogens is 362 g/mol. The van der Waals surface area contributed by atoms with E-state index in [0.29, 0.717) is 12.6 Å². The first-order valence-electron chi connectivity index (χ1n) is 12.2. The molecule has 1 aliphatic heterocycles. The number of aliphatic hydroxyl groups excluding tert-OH is 2. The van der Waals surface area contributed by atoms with Crippen LogP contribution >= 0.6 is 0 Å². The van der Waals surface area contributed by atoms with Crippen LogP contribution in [0.5, 0.6) is 0 Å². The molecule has 1 rings (SSSR count). The van der Waals surface area contributed by atoms with Gasteiger partial charge in [-0.1, -0.05) is 69.8 Å². The van der Waals surface area contributed by atoms with E-state index in [-0.39, 0.29) is 6.61 Å². The number of unbranched alkanes of at least 4 members (excludes halogenated alkanes) is 9. The minimum atomic E-state index is -0.624. The Bertz CT molecular complexity index is 411. The highest BCUT2D eigenvalue weighted by Crippen LogP contribution is 2.14. The van der Waals surface area contributed by atoms with Gasteiger partial charge in [0.2, 0.25) is 0 Å². The molecule has 0 aromatic rings. The summed E-state index contributed by atoms with van der Waals surface area (Å²) in [5, 5.41) is 18.4. The molecule has 0 bridgehead atoms. The number of β-amino-alcohol motifs (C(OH)–C–C–N with tert-alkyl or cyclic N) is 1. The lowest BCUT2D eigenvalue weighted by atomic mass is 10.1. The first-order valence-corrected chi connectivity index (χ1v) is 12.2. The predicted molar refractivity (Wildman–Crippen MR) is 123 cm³/mol. The molecule has 0 aromatic heterocycles. The highest BCUT2D eigenvalue weighted by Gasteiger charge is 2.24. The average molecular weight is 410 g/mol. The van der Waals surface area contributed by atoms with Gasteiger partial charge < -0.3 is 14.9 Å². The first kappa shape index (κ1) is 26.4. The van der Waals surface area contributed by atoms with Gasteiger partial charge in [-0.05, 0) is 44.9 Å². The first-order chi connectivity index (χ1) is 14.3. The fourth-order valence-corrected chi connectivity index (χ4v) is 3.80. The molecule has 29 heavy (non-hydrogen) atoms. The predicted octanol–water partition coefficient (Wildman–Crippen LogP) is 5.24. The Labute approximate surface area is 180 Å². The molecule has 170 valence electrons. The van der Waals surface area contributed by atoms with Crippen LogP contribution in [-0.2, 0) is 4.74 Å². The Morgan fingerprint density at radius 3 is 2.28 bits per heavy atom.